The first-order valence-corrected chi connectivity index (χ1v) is 9.33. The van der Waals surface area contributed by atoms with Gasteiger partial charge < -0.3 is 15.3 Å². The second-order valence-corrected chi connectivity index (χ2v) is 6.95. The lowest BCUT2D eigenvalue weighted by Crippen LogP contribution is -2.47. The van der Waals surface area contributed by atoms with E-state index in [4.69, 9.17) is 9.82 Å². The number of H-pyrrole nitrogens is 1. The number of nitrogens with zero attached hydrogens (tertiary/aromatic N) is 4. The van der Waals surface area contributed by atoms with Crippen LogP contribution in [-0.4, -0.2) is 56.5 Å². The van der Waals surface area contributed by atoms with Crippen LogP contribution >= 0.6 is 0 Å². The average molecular weight is 394 g/mol. The molecule has 1 saturated heterocycles. The molecule has 29 heavy (non-hydrogen) atoms. The zero-order chi connectivity index (χ0) is 20.3. The van der Waals surface area contributed by atoms with Gasteiger partial charge in [-0.25, -0.2) is 9.78 Å². The number of carboxylic acids is 1. The normalized spacial score (nSPS) is 16.4. The van der Waals surface area contributed by atoms with E-state index >= 15 is 0 Å². The van der Waals surface area contributed by atoms with Crippen LogP contribution in [0.15, 0.2) is 48.8 Å². The quantitative estimate of drug-likeness (QED) is 0.584. The average Bonchev–Trinajstić information content (AvgIpc) is 3.26. The van der Waals surface area contributed by atoms with Gasteiger partial charge in [0.05, 0.1) is 18.2 Å². The van der Waals surface area contributed by atoms with Gasteiger partial charge in [-0.1, -0.05) is 6.07 Å². The number of aromatic carboxylic acids is 1. The van der Waals surface area contributed by atoms with E-state index in [1.165, 1.54) is 0 Å². The molecular weight excluding hydrogens is 372 g/mol. The molecule has 2 aromatic heterocycles. The lowest BCUT2D eigenvalue weighted by molar-refractivity contribution is -0.149. The van der Waals surface area contributed by atoms with Crippen molar-refractivity contribution in [3.05, 3.63) is 60.2 Å². The maximum absolute atomic E-state index is 11.4. The predicted octanol–water partition coefficient (Wildman–Crippen LogP) is 2.53. The van der Waals surface area contributed by atoms with E-state index in [1.807, 2.05) is 23.3 Å². The van der Waals surface area contributed by atoms with Crippen molar-refractivity contribution in [3.8, 4) is 11.4 Å². The number of nitrogens with one attached hydrogen (secondary N) is 2. The van der Waals surface area contributed by atoms with Gasteiger partial charge in [-0.2, -0.15) is 10.2 Å². The van der Waals surface area contributed by atoms with Crippen LogP contribution in [0.3, 0.4) is 0 Å². The molecule has 1 aromatic carbocycles. The number of hydroxylamine groups is 2. The minimum Gasteiger partial charge on any atom is -0.478 e. The van der Waals surface area contributed by atoms with Crippen molar-refractivity contribution in [1.29, 1.82) is 0 Å². The molecule has 0 atom stereocenters. The van der Waals surface area contributed by atoms with Crippen LogP contribution in [0.5, 0.6) is 0 Å². The summed E-state index contributed by atoms with van der Waals surface area (Å²) in [5, 5.41) is 22.2. The summed E-state index contributed by atoms with van der Waals surface area (Å²) < 4.78 is 0. The van der Waals surface area contributed by atoms with Crippen LogP contribution in [0, 0.1) is 0 Å². The first kappa shape index (κ1) is 19.0. The number of hydrogen-bond acceptors (Lipinski definition) is 7. The SMILES string of the molecule is CON1CCC(Nc2cccc(C(=O)O)c2)(c2nc(-c3ccncc3)n[nH]2)CC1. The van der Waals surface area contributed by atoms with Crippen molar-refractivity contribution < 1.29 is 14.7 Å². The van der Waals surface area contributed by atoms with Crippen molar-refractivity contribution in [1.82, 2.24) is 25.2 Å². The van der Waals surface area contributed by atoms with E-state index in [1.54, 1.807) is 37.7 Å². The Morgan fingerprint density at radius 2 is 2.00 bits per heavy atom. The van der Waals surface area contributed by atoms with Gasteiger partial charge >= 0.3 is 5.97 Å². The van der Waals surface area contributed by atoms with Crippen molar-refractivity contribution >= 4 is 11.7 Å². The molecule has 3 N–H and O–H groups in total. The van der Waals surface area contributed by atoms with Crippen LogP contribution < -0.4 is 5.32 Å². The van der Waals surface area contributed by atoms with Crippen LogP contribution in [-0.2, 0) is 10.4 Å². The van der Waals surface area contributed by atoms with Gasteiger partial charge in [0.2, 0.25) is 0 Å². The molecule has 4 rings (SSSR count). The summed E-state index contributed by atoms with van der Waals surface area (Å²) in [6.45, 7) is 1.40. The smallest absolute Gasteiger partial charge is 0.335 e. The molecule has 3 heterocycles. The lowest BCUT2D eigenvalue weighted by Gasteiger charge is -2.40. The molecule has 0 radical (unpaired) electrons. The Balaban J connectivity index is 1.68. The van der Waals surface area contributed by atoms with Gasteiger partial charge in [-0.15, -0.1) is 0 Å². The second kappa shape index (κ2) is 7.98. The predicted molar refractivity (Wildman–Crippen MR) is 106 cm³/mol. The fraction of sp³-hybridized carbons (Fsp3) is 0.300. The Hall–Kier alpha value is -3.30. The number of rotatable bonds is 6. The Kier molecular flexibility index (Phi) is 5.24. The molecule has 9 nitrogen and oxygen atoms in total. The molecule has 150 valence electrons. The number of aromatic nitrogens is 4. The highest BCUT2D eigenvalue weighted by Gasteiger charge is 2.39. The molecule has 1 aliphatic heterocycles. The summed E-state index contributed by atoms with van der Waals surface area (Å²) in [6.07, 6.45) is 4.83. The maximum atomic E-state index is 11.4. The summed E-state index contributed by atoms with van der Waals surface area (Å²) in [5.41, 5.74) is 1.30. The fourth-order valence-electron chi connectivity index (χ4n) is 3.58. The third-order valence-corrected chi connectivity index (χ3v) is 5.20. The third-order valence-electron chi connectivity index (χ3n) is 5.20. The van der Waals surface area contributed by atoms with Gasteiger partial charge in [-0.05, 0) is 43.2 Å². The summed E-state index contributed by atoms with van der Waals surface area (Å²) >= 11 is 0. The first-order chi connectivity index (χ1) is 14.1. The molecule has 0 unspecified atom stereocenters. The van der Waals surface area contributed by atoms with E-state index < -0.39 is 11.5 Å². The number of carbonyl (C=O) groups is 1. The Morgan fingerprint density at radius 3 is 2.69 bits per heavy atom. The number of pyridine rings is 1. The van der Waals surface area contributed by atoms with Crippen LogP contribution in [0.25, 0.3) is 11.4 Å². The molecule has 0 amide bonds. The van der Waals surface area contributed by atoms with Gasteiger partial charge in [0.1, 0.15) is 0 Å². The monoisotopic (exact) mass is 394 g/mol. The van der Waals surface area contributed by atoms with Crippen molar-refractivity contribution in [2.45, 2.75) is 18.4 Å². The van der Waals surface area contributed by atoms with Gasteiger partial charge in [-0.3, -0.25) is 10.1 Å². The van der Waals surface area contributed by atoms with Crippen LogP contribution in [0.4, 0.5) is 5.69 Å². The number of piperidine rings is 1. The molecule has 0 bridgehead atoms. The van der Waals surface area contributed by atoms with E-state index in [0.29, 0.717) is 37.6 Å². The maximum Gasteiger partial charge on any atom is 0.335 e. The molecule has 0 spiro atoms. The van der Waals surface area contributed by atoms with Gasteiger partial charge in [0, 0.05) is 36.7 Å². The van der Waals surface area contributed by atoms with Gasteiger partial charge in [0.25, 0.3) is 0 Å². The minimum atomic E-state index is -0.962. The molecule has 9 heteroatoms. The van der Waals surface area contributed by atoms with E-state index in [9.17, 15) is 9.90 Å². The molecule has 1 aliphatic rings. The highest BCUT2D eigenvalue weighted by molar-refractivity contribution is 5.88. The zero-order valence-electron chi connectivity index (χ0n) is 16.0. The summed E-state index contributed by atoms with van der Waals surface area (Å²) in [6, 6.07) is 10.5. The van der Waals surface area contributed by atoms with E-state index in [0.717, 1.165) is 11.3 Å². The topological polar surface area (TPSA) is 116 Å². The van der Waals surface area contributed by atoms with Crippen LogP contribution in [0.2, 0.25) is 0 Å². The molecule has 1 fully saturated rings. The molecule has 0 saturated carbocycles. The minimum absolute atomic E-state index is 0.231. The van der Waals surface area contributed by atoms with Crippen molar-refractivity contribution in [2.24, 2.45) is 0 Å². The summed E-state index contributed by atoms with van der Waals surface area (Å²) in [5.74, 6) is 0.342. The van der Waals surface area contributed by atoms with E-state index in [2.05, 4.69) is 20.5 Å². The zero-order valence-corrected chi connectivity index (χ0v) is 16.0. The molecule has 0 aliphatic carbocycles. The number of aromatic amines is 1. The summed E-state index contributed by atoms with van der Waals surface area (Å²) in [4.78, 5) is 25.5. The second-order valence-electron chi connectivity index (χ2n) is 6.95. The standard InChI is InChI=1S/C20H22N6O3/c1-29-26-11-7-20(8-12-26,23-16-4-2-3-15(13-16)18(27)28)19-22-17(24-25-19)14-5-9-21-10-6-14/h2-6,9-10,13,23H,7-8,11-12H2,1H3,(H,27,28)(H,22,24,25). The largest absolute Gasteiger partial charge is 0.478 e. The number of benzene rings is 1. The number of hydrogen-bond donors (Lipinski definition) is 3. The van der Waals surface area contributed by atoms with Crippen molar-refractivity contribution in [2.75, 3.05) is 25.5 Å². The number of anilines is 1. The highest BCUT2D eigenvalue weighted by Crippen LogP contribution is 2.35. The van der Waals surface area contributed by atoms with Crippen molar-refractivity contribution in [3.63, 3.8) is 0 Å². The highest BCUT2D eigenvalue weighted by atomic mass is 16.7. The Labute approximate surface area is 167 Å². The Bertz CT molecular complexity index is 983. The third kappa shape index (κ3) is 3.96. The fourth-order valence-corrected chi connectivity index (χ4v) is 3.58. The molecular formula is C20H22N6O3. The van der Waals surface area contributed by atoms with E-state index in [-0.39, 0.29) is 5.56 Å². The molecule has 3 aromatic rings. The summed E-state index contributed by atoms with van der Waals surface area (Å²) in [7, 11) is 1.66. The van der Waals surface area contributed by atoms with Crippen LogP contribution in [0.1, 0.15) is 29.0 Å². The lowest BCUT2D eigenvalue weighted by atomic mass is 9.86. The van der Waals surface area contributed by atoms with Gasteiger partial charge in [0.15, 0.2) is 11.6 Å². The first-order valence-electron chi connectivity index (χ1n) is 9.33. The number of carboxylic acid groups (broad SMARTS) is 1. The Morgan fingerprint density at radius 1 is 1.24 bits per heavy atom.